The lowest BCUT2D eigenvalue weighted by molar-refractivity contribution is -0.180. The predicted octanol–water partition coefficient (Wildman–Crippen LogP) is 4.90. The predicted molar refractivity (Wildman–Crippen MR) is 102 cm³/mol. The quantitative estimate of drug-likeness (QED) is 0.594. The van der Waals surface area contributed by atoms with E-state index in [1.807, 2.05) is 18.3 Å². The van der Waals surface area contributed by atoms with Crippen LogP contribution in [0.2, 0.25) is 0 Å². The van der Waals surface area contributed by atoms with Crippen LogP contribution in [0.25, 0.3) is 10.9 Å². The average Bonchev–Trinajstić information content (AvgIpc) is 3.11. The molecule has 4 nitrogen and oxygen atoms in total. The van der Waals surface area contributed by atoms with Gasteiger partial charge < -0.3 is 18.8 Å². The third kappa shape index (κ3) is 4.67. The fourth-order valence-corrected chi connectivity index (χ4v) is 3.31. The Morgan fingerprint density at radius 1 is 1.07 bits per heavy atom. The number of nitrogens with zero attached hydrogens (tertiary/aromatic N) is 1. The van der Waals surface area contributed by atoms with Crippen molar-refractivity contribution in [1.29, 1.82) is 0 Å². The van der Waals surface area contributed by atoms with Crippen molar-refractivity contribution < 1.29 is 18.6 Å². The van der Waals surface area contributed by atoms with Gasteiger partial charge in [-0.05, 0) is 60.5 Å². The maximum Gasteiger partial charge on any atom is 0.159 e. The molecule has 0 spiro atoms. The second kappa shape index (κ2) is 8.55. The SMILES string of the molecule is Fc1ccc(CCOc2ccc3ccn(COC4CCCCO4)c3c2)cc1. The van der Waals surface area contributed by atoms with Crippen LogP contribution in [0, 0.1) is 5.82 Å². The van der Waals surface area contributed by atoms with E-state index >= 15 is 0 Å². The van der Waals surface area contributed by atoms with Crippen LogP contribution in [0.1, 0.15) is 24.8 Å². The van der Waals surface area contributed by atoms with Crippen LogP contribution in [-0.2, 0) is 22.6 Å². The highest BCUT2D eigenvalue weighted by Crippen LogP contribution is 2.23. The van der Waals surface area contributed by atoms with Crippen LogP contribution >= 0.6 is 0 Å². The van der Waals surface area contributed by atoms with Crippen molar-refractivity contribution in [1.82, 2.24) is 4.57 Å². The molecule has 0 saturated carbocycles. The zero-order valence-electron chi connectivity index (χ0n) is 15.3. The molecule has 1 atom stereocenters. The van der Waals surface area contributed by atoms with Crippen molar-refractivity contribution >= 4 is 10.9 Å². The summed E-state index contributed by atoms with van der Waals surface area (Å²) in [5.74, 6) is 0.602. The first kappa shape index (κ1) is 18.0. The standard InChI is InChI=1S/C22H24FNO3/c23-19-7-4-17(5-8-19)11-14-25-20-9-6-18-10-12-24(21(18)15-20)16-27-22-3-1-2-13-26-22/h4-10,12,15,22H,1-3,11,13-14,16H2. The lowest BCUT2D eigenvalue weighted by Crippen LogP contribution is -2.23. The maximum absolute atomic E-state index is 13.0. The monoisotopic (exact) mass is 369 g/mol. The van der Waals surface area contributed by atoms with E-state index < -0.39 is 0 Å². The van der Waals surface area contributed by atoms with Crippen molar-refractivity contribution in [2.75, 3.05) is 13.2 Å². The molecule has 5 heteroatoms. The van der Waals surface area contributed by atoms with Crippen molar-refractivity contribution in [2.45, 2.75) is 38.7 Å². The summed E-state index contributed by atoms with van der Waals surface area (Å²) < 4.78 is 32.4. The van der Waals surface area contributed by atoms with E-state index in [2.05, 4.69) is 16.7 Å². The number of halogens is 1. The van der Waals surface area contributed by atoms with Crippen LogP contribution in [0.15, 0.2) is 54.7 Å². The average molecular weight is 369 g/mol. The van der Waals surface area contributed by atoms with Gasteiger partial charge in [0.15, 0.2) is 6.29 Å². The molecule has 0 amide bonds. The van der Waals surface area contributed by atoms with Gasteiger partial charge in [-0.3, -0.25) is 0 Å². The first-order chi connectivity index (χ1) is 13.3. The highest BCUT2D eigenvalue weighted by Gasteiger charge is 2.14. The minimum Gasteiger partial charge on any atom is -0.493 e. The third-order valence-electron chi connectivity index (χ3n) is 4.86. The van der Waals surface area contributed by atoms with E-state index in [0.29, 0.717) is 13.3 Å². The largest absolute Gasteiger partial charge is 0.493 e. The van der Waals surface area contributed by atoms with Gasteiger partial charge in [0.1, 0.15) is 18.3 Å². The first-order valence-electron chi connectivity index (χ1n) is 9.47. The van der Waals surface area contributed by atoms with Gasteiger partial charge in [0, 0.05) is 25.3 Å². The Morgan fingerprint density at radius 2 is 1.96 bits per heavy atom. The number of hydrogen-bond acceptors (Lipinski definition) is 3. The minimum absolute atomic E-state index is 0.105. The maximum atomic E-state index is 13.0. The summed E-state index contributed by atoms with van der Waals surface area (Å²) in [4.78, 5) is 0. The molecule has 2 heterocycles. The van der Waals surface area contributed by atoms with Crippen LogP contribution < -0.4 is 4.74 Å². The van der Waals surface area contributed by atoms with Crippen LogP contribution in [0.5, 0.6) is 5.75 Å². The zero-order chi connectivity index (χ0) is 18.5. The second-order valence-corrected chi connectivity index (χ2v) is 6.82. The number of hydrogen-bond donors (Lipinski definition) is 0. The van der Waals surface area contributed by atoms with E-state index in [0.717, 1.165) is 54.5 Å². The molecule has 4 rings (SSSR count). The zero-order valence-corrected chi connectivity index (χ0v) is 15.3. The Balaban J connectivity index is 1.36. The van der Waals surface area contributed by atoms with Crippen molar-refractivity contribution in [3.05, 3.63) is 66.1 Å². The Morgan fingerprint density at radius 3 is 2.78 bits per heavy atom. The van der Waals surface area contributed by atoms with Crippen molar-refractivity contribution in [2.24, 2.45) is 0 Å². The Hall–Kier alpha value is -2.37. The fraction of sp³-hybridized carbons (Fsp3) is 0.364. The van der Waals surface area contributed by atoms with E-state index in [4.69, 9.17) is 14.2 Å². The molecule has 0 radical (unpaired) electrons. The molecule has 2 aromatic carbocycles. The van der Waals surface area contributed by atoms with E-state index in [1.165, 1.54) is 12.1 Å². The highest BCUT2D eigenvalue weighted by atomic mass is 19.1. The van der Waals surface area contributed by atoms with Crippen molar-refractivity contribution in [3.8, 4) is 5.75 Å². The first-order valence-corrected chi connectivity index (χ1v) is 9.47. The van der Waals surface area contributed by atoms with Crippen molar-refractivity contribution in [3.63, 3.8) is 0 Å². The Bertz CT molecular complexity index is 869. The number of benzene rings is 2. The summed E-state index contributed by atoms with van der Waals surface area (Å²) in [5, 5.41) is 1.15. The molecule has 0 aliphatic carbocycles. The molecule has 0 N–H and O–H groups in total. The number of aromatic nitrogens is 1. The molecule has 0 bridgehead atoms. The molecule has 1 aromatic heterocycles. The summed E-state index contributed by atoms with van der Waals surface area (Å²) in [6.45, 7) is 1.79. The van der Waals surface area contributed by atoms with E-state index in [1.54, 1.807) is 12.1 Å². The van der Waals surface area contributed by atoms with Gasteiger partial charge in [0.05, 0.1) is 12.1 Å². The molecule has 142 valence electrons. The molecule has 1 aliphatic heterocycles. The molecule has 1 unspecified atom stereocenters. The van der Waals surface area contributed by atoms with Gasteiger partial charge in [-0.2, -0.15) is 0 Å². The third-order valence-corrected chi connectivity index (χ3v) is 4.86. The van der Waals surface area contributed by atoms with Crippen LogP contribution in [0.4, 0.5) is 4.39 Å². The molecule has 3 aromatic rings. The fourth-order valence-electron chi connectivity index (χ4n) is 3.31. The Labute approximate surface area is 158 Å². The lowest BCUT2D eigenvalue weighted by atomic mass is 10.1. The summed E-state index contributed by atoms with van der Waals surface area (Å²) in [6, 6.07) is 14.7. The van der Waals surface area contributed by atoms with Gasteiger partial charge in [-0.25, -0.2) is 4.39 Å². The second-order valence-electron chi connectivity index (χ2n) is 6.82. The summed E-state index contributed by atoms with van der Waals surface area (Å²) in [6.07, 6.45) is 5.88. The molecule has 1 fully saturated rings. The molecule has 27 heavy (non-hydrogen) atoms. The smallest absolute Gasteiger partial charge is 0.159 e. The van der Waals surface area contributed by atoms with Gasteiger partial charge in [0.25, 0.3) is 0 Å². The normalized spacial score (nSPS) is 17.3. The van der Waals surface area contributed by atoms with Crippen LogP contribution in [0.3, 0.4) is 0 Å². The number of fused-ring (bicyclic) bond motifs is 1. The Kier molecular flexibility index (Phi) is 5.70. The molecule has 1 aliphatic rings. The summed E-state index contributed by atoms with van der Waals surface area (Å²) in [5.41, 5.74) is 2.13. The van der Waals surface area contributed by atoms with Gasteiger partial charge in [0.2, 0.25) is 0 Å². The van der Waals surface area contributed by atoms with Gasteiger partial charge in [-0.15, -0.1) is 0 Å². The van der Waals surface area contributed by atoms with Gasteiger partial charge in [-0.1, -0.05) is 12.1 Å². The van der Waals surface area contributed by atoms with Gasteiger partial charge >= 0.3 is 0 Å². The number of rotatable bonds is 7. The molecular weight excluding hydrogens is 345 g/mol. The molecule has 1 saturated heterocycles. The molecular formula is C22H24FNO3. The number of ether oxygens (including phenoxy) is 3. The summed E-state index contributed by atoms with van der Waals surface area (Å²) in [7, 11) is 0. The van der Waals surface area contributed by atoms with E-state index in [9.17, 15) is 4.39 Å². The minimum atomic E-state index is -0.216. The highest BCUT2D eigenvalue weighted by molar-refractivity contribution is 5.81. The van der Waals surface area contributed by atoms with E-state index in [-0.39, 0.29) is 12.1 Å². The lowest BCUT2D eigenvalue weighted by Gasteiger charge is -2.23. The van der Waals surface area contributed by atoms with Crippen LogP contribution in [-0.4, -0.2) is 24.1 Å². The topological polar surface area (TPSA) is 32.6 Å². The summed E-state index contributed by atoms with van der Waals surface area (Å²) >= 11 is 0.